The van der Waals surface area contributed by atoms with Crippen molar-refractivity contribution in [1.29, 1.82) is 0 Å². The zero-order valence-electron chi connectivity index (χ0n) is 8.88. The van der Waals surface area contributed by atoms with Crippen molar-refractivity contribution >= 4 is 11.4 Å². The van der Waals surface area contributed by atoms with E-state index in [-0.39, 0.29) is 28.6 Å². The third-order valence-electron chi connectivity index (χ3n) is 2.52. The van der Waals surface area contributed by atoms with Gasteiger partial charge in [-0.25, -0.2) is 0 Å². The Morgan fingerprint density at radius 2 is 1.41 bits per heavy atom. The molecule has 7 N–H and O–H groups in total. The van der Waals surface area contributed by atoms with Crippen molar-refractivity contribution in [2.24, 2.45) is 0 Å². The maximum absolute atomic E-state index is 9.75. The van der Waals surface area contributed by atoms with Crippen molar-refractivity contribution in [2.75, 3.05) is 11.5 Å². The van der Waals surface area contributed by atoms with E-state index < -0.39 is 0 Å². The van der Waals surface area contributed by atoms with E-state index in [1.807, 2.05) is 0 Å². The molecule has 0 fully saturated rings. The Balaban J connectivity index is 2.61. The highest BCUT2D eigenvalue weighted by Crippen LogP contribution is 2.41. The van der Waals surface area contributed by atoms with Crippen LogP contribution in [0.1, 0.15) is 0 Å². The van der Waals surface area contributed by atoms with E-state index in [1.165, 1.54) is 18.2 Å². The summed E-state index contributed by atoms with van der Waals surface area (Å²) in [7, 11) is 0. The molecule has 0 aliphatic rings. The number of rotatable bonds is 1. The molecule has 0 heterocycles. The summed E-state index contributed by atoms with van der Waals surface area (Å²) in [6, 6.07) is 7.56. The lowest BCUT2D eigenvalue weighted by Crippen LogP contribution is -1.89. The van der Waals surface area contributed by atoms with Gasteiger partial charge in [-0.15, -0.1) is 0 Å². The Morgan fingerprint density at radius 3 is 2.06 bits per heavy atom. The summed E-state index contributed by atoms with van der Waals surface area (Å²) in [5, 5.41) is 28.7. The van der Waals surface area contributed by atoms with Gasteiger partial charge in [-0.3, -0.25) is 0 Å². The second-order valence-electron chi connectivity index (χ2n) is 3.67. The Morgan fingerprint density at radius 1 is 0.765 bits per heavy atom. The fraction of sp³-hybridized carbons (Fsp3) is 0. The van der Waals surface area contributed by atoms with Crippen molar-refractivity contribution < 1.29 is 15.3 Å². The quantitative estimate of drug-likeness (QED) is 0.379. The van der Waals surface area contributed by atoms with Gasteiger partial charge in [0.1, 0.15) is 5.75 Å². The lowest BCUT2D eigenvalue weighted by molar-refractivity contribution is 0.407. The second-order valence-corrected chi connectivity index (χ2v) is 3.67. The van der Waals surface area contributed by atoms with Gasteiger partial charge in [-0.05, 0) is 29.8 Å². The molecular formula is C12H12N2O3. The molecule has 0 aliphatic heterocycles. The van der Waals surface area contributed by atoms with Crippen LogP contribution >= 0.6 is 0 Å². The molecule has 2 aromatic rings. The Kier molecular flexibility index (Phi) is 2.44. The monoisotopic (exact) mass is 232 g/mol. The van der Waals surface area contributed by atoms with E-state index in [1.54, 1.807) is 12.1 Å². The van der Waals surface area contributed by atoms with Crippen LogP contribution in [-0.4, -0.2) is 15.3 Å². The number of benzene rings is 2. The molecule has 5 heteroatoms. The van der Waals surface area contributed by atoms with E-state index in [2.05, 4.69) is 0 Å². The zero-order chi connectivity index (χ0) is 12.6. The molecule has 5 nitrogen and oxygen atoms in total. The average molecular weight is 232 g/mol. The minimum atomic E-state index is -0.376. The van der Waals surface area contributed by atoms with Crippen LogP contribution in [0.2, 0.25) is 0 Å². The Bertz CT molecular complexity index is 582. The SMILES string of the molecule is Nc1ccc(-c2ccc(N)c(O)c2O)cc1O. The maximum Gasteiger partial charge on any atom is 0.181 e. The smallest absolute Gasteiger partial charge is 0.181 e. The lowest BCUT2D eigenvalue weighted by Gasteiger charge is -2.09. The van der Waals surface area contributed by atoms with E-state index in [0.29, 0.717) is 11.1 Å². The zero-order valence-corrected chi connectivity index (χ0v) is 8.88. The van der Waals surface area contributed by atoms with E-state index in [4.69, 9.17) is 11.5 Å². The first-order valence-corrected chi connectivity index (χ1v) is 4.90. The number of nitrogen functional groups attached to an aromatic ring is 2. The average Bonchev–Trinajstić information content (AvgIpc) is 2.30. The second kappa shape index (κ2) is 3.79. The number of hydrogen-bond acceptors (Lipinski definition) is 5. The number of phenolic OH excluding ortho intramolecular Hbond substituents is 3. The minimum absolute atomic E-state index is 0.0850. The minimum Gasteiger partial charge on any atom is -0.506 e. The van der Waals surface area contributed by atoms with Crippen LogP contribution < -0.4 is 11.5 Å². The number of phenols is 3. The van der Waals surface area contributed by atoms with Gasteiger partial charge in [0.15, 0.2) is 11.5 Å². The first-order valence-electron chi connectivity index (χ1n) is 4.90. The van der Waals surface area contributed by atoms with Crippen LogP contribution in [0.25, 0.3) is 11.1 Å². The van der Waals surface area contributed by atoms with Crippen molar-refractivity contribution in [3.63, 3.8) is 0 Å². The molecule has 0 atom stereocenters. The van der Waals surface area contributed by atoms with Gasteiger partial charge in [0.05, 0.1) is 11.4 Å². The highest BCUT2D eigenvalue weighted by atomic mass is 16.3. The molecule has 0 aliphatic carbocycles. The van der Waals surface area contributed by atoms with Gasteiger partial charge in [0.2, 0.25) is 0 Å². The fourth-order valence-corrected chi connectivity index (χ4v) is 1.54. The first-order chi connectivity index (χ1) is 8.00. The molecular weight excluding hydrogens is 220 g/mol. The van der Waals surface area contributed by atoms with Crippen LogP contribution in [0.15, 0.2) is 30.3 Å². The van der Waals surface area contributed by atoms with E-state index in [9.17, 15) is 15.3 Å². The molecule has 0 radical (unpaired) electrons. The molecule has 0 saturated heterocycles. The standard InChI is InChI=1S/C12H12N2O3/c13-8-3-1-6(5-10(8)15)7-2-4-9(14)12(17)11(7)16/h1-5,15-17H,13-14H2. The molecule has 0 aromatic heterocycles. The van der Waals surface area contributed by atoms with Gasteiger partial charge in [-0.2, -0.15) is 0 Å². The van der Waals surface area contributed by atoms with Crippen LogP contribution in [0.5, 0.6) is 17.2 Å². The fourth-order valence-electron chi connectivity index (χ4n) is 1.54. The Labute approximate surface area is 97.6 Å². The summed E-state index contributed by atoms with van der Waals surface area (Å²) < 4.78 is 0. The van der Waals surface area contributed by atoms with Crippen molar-refractivity contribution in [1.82, 2.24) is 0 Å². The highest BCUT2D eigenvalue weighted by molar-refractivity contribution is 5.79. The van der Waals surface area contributed by atoms with Gasteiger partial charge >= 0.3 is 0 Å². The summed E-state index contributed by atoms with van der Waals surface area (Å²) in [6.07, 6.45) is 0. The predicted molar refractivity (Wildman–Crippen MR) is 65.7 cm³/mol. The molecule has 88 valence electrons. The first kappa shape index (κ1) is 10.9. The molecule has 0 amide bonds. The summed E-state index contributed by atoms with van der Waals surface area (Å²) in [5.74, 6) is -0.786. The van der Waals surface area contributed by atoms with Crippen LogP contribution in [-0.2, 0) is 0 Å². The molecule has 17 heavy (non-hydrogen) atoms. The van der Waals surface area contributed by atoms with E-state index >= 15 is 0 Å². The molecule has 0 spiro atoms. The van der Waals surface area contributed by atoms with Gasteiger partial charge in [-0.1, -0.05) is 6.07 Å². The molecule has 0 unspecified atom stereocenters. The van der Waals surface area contributed by atoms with Gasteiger partial charge in [0.25, 0.3) is 0 Å². The highest BCUT2D eigenvalue weighted by Gasteiger charge is 2.12. The number of hydrogen-bond donors (Lipinski definition) is 5. The summed E-state index contributed by atoms with van der Waals surface area (Å²) in [4.78, 5) is 0. The van der Waals surface area contributed by atoms with E-state index in [0.717, 1.165) is 0 Å². The third-order valence-corrected chi connectivity index (χ3v) is 2.52. The van der Waals surface area contributed by atoms with Crippen molar-refractivity contribution in [3.8, 4) is 28.4 Å². The van der Waals surface area contributed by atoms with Gasteiger partial charge < -0.3 is 26.8 Å². The summed E-state index contributed by atoms with van der Waals surface area (Å²) in [5.41, 5.74) is 12.2. The molecule has 2 rings (SSSR count). The van der Waals surface area contributed by atoms with Crippen molar-refractivity contribution in [3.05, 3.63) is 30.3 Å². The largest absolute Gasteiger partial charge is 0.506 e. The van der Waals surface area contributed by atoms with Crippen LogP contribution in [0, 0.1) is 0 Å². The molecule has 2 aromatic carbocycles. The lowest BCUT2D eigenvalue weighted by atomic mass is 10.0. The Hall–Kier alpha value is -2.56. The molecule has 0 saturated carbocycles. The topological polar surface area (TPSA) is 113 Å². The number of nitrogens with two attached hydrogens (primary N) is 2. The summed E-state index contributed by atoms with van der Waals surface area (Å²) in [6.45, 7) is 0. The van der Waals surface area contributed by atoms with Gasteiger partial charge in [0, 0.05) is 5.56 Å². The third kappa shape index (κ3) is 1.78. The number of anilines is 2. The molecule has 0 bridgehead atoms. The maximum atomic E-state index is 9.75. The predicted octanol–water partition coefficient (Wildman–Crippen LogP) is 1.63. The number of aromatic hydroxyl groups is 3. The van der Waals surface area contributed by atoms with Crippen LogP contribution in [0.4, 0.5) is 11.4 Å². The van der Waals surface area contributed by atoms with Crippen LogP contribution in [0.3, 0.4) is 0 Å². The summed E-state index contributed by atoms with van der Waals surface area (Å²) >= 11 is 0. The van der Waals surface area contributed by atoms with Crippen molar-refractivity contribution in [2.45, 2.75) is 0 Å². The normalized spacial score (nSPS) is 10.4.